The zero-order valence-corrected chi connectivity index (χ0v) is 16.5. The molecule has 0 aliphatic rings. The maximum Gasteiger partial charge on any atom is 0.337 e. The highest BCUT2D eigenvalue weighted by Gasteiger charge is 2.07. The van der Waals surface area contributed by atoms with Crippen LogP contribution in [0, 0.1) is 0 Å². The molecule has 6 heteroatoms. The molecule has 3 rings (SSSR count). The fourth-order valence-electron chi connectivity index (χ4n) is 2.81. The molecule has 1 heterocycles. The molecule has 148 valence electrons. The lowest BCUT2D eigenvalue weighted by Crippen LogP contribution is -2.13. The predicted molar refractivity (Wildman–Crippen MR) is 113 cm³/mol. The van der Waals surface area contributed by atoms with Crippen LogP contribution in [0.3, 0.4) is 0 Å². The molecule has 0 saturated carbocycles. The van der Waals surface area contributed by atoms with Gasteiger partial charge in [-0.1, -0.05) is 43.3 Å². The number of hydrogen-bond acceptors (Lipinski definition) is 4. The van der Waals surface area contributed by atoms with E-state index in [1.54, 1.807) is 47.3 Å². The fourth-order valence-corrected chi connectivity index (χ4v) is 2.81. The number of anilines is 1. The third-order valence-corrected chi connectivity index (χ3v) is 4.49. The topological polar surface area (TPSA) is 73.2 Å². The van der Waals surface area contributed by atoms with Crippen LogP contribution in [0.4, 0.5) is 5.82 Å². The molecule has 0 radical (unpaired) electrons. The van der Waals surface area contributed by atoms with Gasteiger partial charge in [0.05, 0.1) is 25.4 Å². The second-order valence-corrected chi connectivity index (χ2v) is 6.48. The van der Waals surface area contributed by atoms with E-state index in [4.69, 9.17) is 0 Å². The lowest BCUT2D eigenvalue weighted by Gasteiger charge is -2.08. The Hall–Kier alpha value is -3.67. The number of rotatable bonds is 7. The van der Waals surface area contributed by atoms with Crippen LogP contribution < -0.4 is 5.32 Å². The van der Waals surface area contributed by atoms with E-state index in [9.17, 15) is 9.59 Å². The van der Waals surface area contributed by atoms with Gasteiger partial charge < -0.3 is 10.1 Å². The van der Waals surface area contributed by atoms with Crippen LogP contribution in [0.25, 0.3) is 6.08 Å². The zero-order chi connectivity index (χ0) is 20.6. The van der Waals surface area contributed by atoms with E-state index < -0.39 is 5.97 Å². The Morgan fingerprint density at radius 2 is 1.72 bits per heavy atom. The summed E-state index contributed by atoms with van der Waals surface area (Å²) in [6.45, 7) is 2.70. The number of ether oxygens (including phenoxy) is 1. The predicted octanol–water partition coefficient (Wildman–Crippen LogP) is 3.93. The molecule has 6 nitrogen and oxygen atoms in total. The molecule has 1 amide bonds. The van der Waals surface area contributed by atoms with Crippen LogP contribution in [0.15, 0.2) is 66.9 Å². The summed E-state index contributed by atoms with van der Waals surface area (Å²) in [4.78, 5) is 23.7. The molecule has 0 bridgehead atoms. The molecule has 0 fully saturated rings. The summed E-state index contributed by atoms with van der Waals surface area (Å²) in [5, 5.41) is 7.14. The lowest BCUT2D eigenvalue weighted by atomic mass is 10.1. The monoisotopic (exact) mass is 389 g/mol. The Labute approximate surface area is 169 Å². The normalized spacial score (nSPS) is 10.8. The number of hydrogen-bond donors (Lipinski definition) is 1. The highest BCUT2D eigenvalue weighted by atomic mass is 16.5. The van der Waals surface area contributed by atoms with Crippen molar-refractivity contribution in [3.05, 3.63) is 89.1 Å². The van der Waals surface area contributed by atoms with Crippen molar-refractivity contribution in [3.63, 3.8) is 0 Å². The lowest BCUT2D eigenvalue weighted by molar-refractivity contribution is -0.111. The first kappa shape index (κ1) is 20.1. The molecule has 1 aromatic heterocycles. The molecule has 0 aliphatic heterocycles. The quantitative estimate of drug-likeness (QED) is 0.491. The average Bonchev–Trinajstić information content (AvgIpc) is 3.19. The maximum atomic E-state index is 12.3. The van der Waals surface area contributed by atoms with E-state index in [2.05, 4.69) is 46.3 Å². The third kappa shape index (κ3) is 5.42. The van der Waals surface area contributed by atoms with E-state index >= 15 is 0 Å². The van der Waals surface area contributed by atoms with Crippen molar-refractivity contribution >= 4 is 23.8 Å². The van der Waals surface area contributed by atoms with Crippen LogP contribution >= 0.6 is 0 Å². The van der Waals surface area contributed by atoms with Gasteiger partial charge in [-0.05, 0) is 41.3 Å². The number of carbonyl (C=O) groups is 2. The highest BCUT2D eigenvalue weighted by Crippen LogP contribution is 2.12. The van der Waals surface area contributed by atoms with Crippen molar-refractivity contribution in [2.24, 2.45) is 0 Å². The van der Waals surface area contributed by atoms with E-state index in [0.29, 0.717) is 17.9 Å². The number of carbonyl (C=O) groups excluding carboxylic acids is 2. The summed E-state index contributed by atoms with van der Waals surface area (Å²) in [6, 6.07) is 16.9. The highest BCUT2D eigenvalue weighted by molar-refractivity contribution is 6.01. The Kier molecular flexibility index (Phi) is 6.58. The summed E-state index contributed by atoms with van der Waals surface area (Å²) in [7, 11) is 1.34. The van der Waals surface area contributed by atoms with Crippen molar-refractivity contribution in [2.75, 3.05) is 12.4 Å². The second kappa shape index (κ2) is 9.50. The summed E-state index contributed by atoms with van der Waals surface area (Å²) in [5.74, 6) is -0.0266. The summed E-state index contributed by atoms with van der Waals surface area (Å²) >= 11 is 0. The minimum absolute atomic E-state index is 0.259. The molecule has 0 aliphatic carbocycles. The number of nitrogens with zero attached hydrogens (tertiary/aromatic N) is 2. The molecule has 1 N–H and O–H groups in total. The van der Waals surface area contributed by atoms with Crippen molar-refractivity contribution in [2.45, 2.75) is 19.9 Å². The Bertz CT molecular complexity index is 1000. The van der Waals surface area contributed by atoms with Gasteiger partial charge in [0.1, 0.15) is 5.82 Å². The Balaban J connectivity index is 1.61. The number of benzene rings is 2. The molecular formula is C23H23N3O3. The molecule has 29 heavy (non-hydrogen) atoms. The first-order valence-corrected chi connectivity index (χ1v) is 9.36. The van der Waals surface area contributed by atoms with Gasteiger partial charge in [0, 0.05) is 12.1 Å². The van der Waals surface area contributed by atoms with Gasteiger partial charge in [0.25, 0.3) is 0 Å². The van der Waals surface area contributed by atoms with Gasteiger partial charge in [-0.15, -0.1) is 0 Å². The smallest absolute Gasteiger partial charge is 0.337 e. The number of amides is 1. The number of methoxy groups -OCH3 is 1. The van der Waals surface area contributed by atoms with Crippen molar-refractivity contribution in [1.82, 2.24) is 9.78 Å². The van der Waals surface area contributed by atoms with E-state index in [-0.39, 0.29) is 5.91 Å². The van der Waals surface area contributed by atoms with E-state index in [1.807, 2.05) is 0 Å². The largest absolute Gasteiger partial charge is 0.465 e. The van der Waals surface area contributed by atoms with Gasteiger partial charge in [0.2, 0.25) is 5.91 Å². The summed E-state index contributed by atoms with van der Waals surface area (Å²) in [5.41, 5.74) is 3.66. The Morgan fingerprint density at radius 3 is 2.38 bits per heavy atom. The number of aromatic nitrogens is 2. The van der Waals surface area contributed by atoms with Crippen molar-refractivity contribution in [1.29, 1.82) is 0 Å². The fraction of sp³-hybridized carbons (Fsp3) is 0.174. The average molecular weight is 389 g/mol. The number of aryl methyl sites for hydroxylation is 1. The molecule has 3 aromatic rings. The van der Waals surface area contributed by atoms with Crippen LogP contribution in [0.5, 0.6) is 0 Å². The Morgan fingerprint density at radius 1 is 1.03 bits per heavy atom. The van der Waals surface area contributed by atoms with Gasteiger partial charge in [-0.3, -0.25) is 4.79 Å². The molecule has 0 atom stereocenters. The van der Waals surface area contributed by atoms with Gasteiger partial charge in [-0.25, -0.2) is 9.48 Å². The van der Waals surface area contributed by atoms with Gasteiger partial charge in [0.15, 0.2) is 0 Å². The third-order valence-electron chi connectivity index (χ3n) is 4.49. The van der Waals surface area contributed by atoms with E-state index in [1.165, 1.54) is 18.7 Å². The van der Waals surface area contributed by atoms with Gasteiger partial charge in [-0.2, -0.15) is 5.10 Å². The second-order valence-electron chi connectivity index (χ2n) is 6.48. The molecule has 0 spiro atoms. The molecule has 2 aromatic carbocycles. The van der Waals surface area contributed by atoms with Crippen LogP contribution in [0.2, 0.25) is 0 Å². The summed E-state index contributed by atoms with van der Waals surface area (Å²) < 4.78 is 6.42. The minimum Gasteiger partial charge on any atom is -0.465 e. The van der Waals surface area contributed by atoms with Gasteiger partial charge >= 0.3 is 5.97 Å². The minimum atomic E-state index is -0.393. The standard InChI is InChI=1S/C23H23N3O3/c1-3-17-4-6-19(7-5-17)16-26-21(14-15-24-26)25-22(27)13-10-18-8-11-20(12-9-18)23(28)29-2/h4-15H,3,16H2,1-2H3,(H,25,27)/b13-10+. The first-order chi connectivity index (χ1) is 14.1. The van der Waals surface area contributed by atoms with Crippen molar-refractivity contribution in [3.8, 4) is 0 Å². The number of nitrogens with one attached hydrogen (secondary N) is 1. The maximum absolute atomic E-state index is 12.3. The van der Waals surface area contributed by atoms with Crippen LogP contribution in [0.1, 0.15) is 34.0 Å². The van der Waals surface area contributed by atoms with Crippen molar-refractivity contribution < 1.29 is 14.3 Å². The SMILES string of the molecule is CCc1ccc(Cn2nccc2NC(=O)/C=C/c2ccc(C(=O)OC)cc2)cc1. The van der Waals surface area contributed by atoms with E-state index in [0.717, 1.165) is 17.5 Å². The molecule has 0 unspecified atom stereocenters. The van der Waals surface area contributed by atoms with Crippen LogP contribution in [-0.4, -0.2) is 28.8 Å². The molecular weight excluding hydrogens is 366 g/mol. The van der Waals surface area contributed by atoms with Crippen LogP contribution in [-0.2, 0) is 22.5 Å². The summed E-state index contributed by atoms with van der Waals surface area (Å²) in [6.07, 6.45) is 5.79. The molecule has 0 saturated heterocycles. The number of esters is 1. The zero-order valence-electron chi connectivity index (χ0n) is 16.5. The first-order valence-electron chi connectivity index (χ1n) is 9.36.